The molecule has 0 aliphatic carbocycles. The minimum atomic E-state index is -0.447. The summed E-state index contributed by atoms with van der Waals surface area (Å²) in [6.07, 6.45) is 4.67. The van der Waals surface area contributed by atoms with E-state index >= 15 is 0 Å². The molecule has 1 unspecified atom stereocenters. The Morgan fingerprint density at radius 2 is 2.07 bits per heavy atom. The Balaban J connectivity index is 1.66. The molecule has 0 saturated carbocycles. The molecule has 0 spiro atoms. The minimum Gasteiger partial charge on any atom is -0.494 e. The lowest BCUT2D eigenvalue weighted by molar-refractivity contribution is 0.261. The first-order valence-corrected chi connectivity index (χ1v) is 10.8. The first-order chi connectivity index (χ1) is 14.6. The molecule has 2 aliphatic heterocycles. The summed E-state index contributed by atoms with van der Waals surface area (Å²) in [5.41, 5.74) is 6.72. The number of aliphatic imine (C=N–C) groups is 2. The molecule has 2 saturated heterocycles. The van der Waals surface area contributed by atoms with Crippen LogP contribution in [0.3, 0.4) is 0 Å². The number of halogens is 1. The van der Waals surface area contributed by atoms with Gasteiger partial charge >= 0.3 is 0 Å². The van der Waals surface area contributed by atoms with E-state index < -0.39 is 5.82 Å². The maximum Gasteiger partial charge on any atom is 0.227 e. The zero-order chi connectivity index (χ0) is 21.3. The van der Waals surface area contributed by atoms with Gasteiger partial charge in [-0.1, -0.05) is 6.92 Å². The predicted molar refractivity (Wildman–Crippen MR) is 120 cm³/mol. The maximum atomic E-state index is 14.1. The van der Waals surface area contributed by atoms with Crippen LogP contribution in [0.15, 0.2) is 28.2 Å². The first-order valence-electron chi connectivity index (χ1n) is 10.8. The first kappa shape index (κ1) is 22.3. The number of rotatable bonds is 7. The van der Waals surface area contributed by atoms with Crippen molar-refractivity contribution in [3.8, 4) is 5.75 Å². The zero-order valence-corrected chi connectivity index (χ0v) is 18.0. The van der Waals surface area contributed by atoms with Gasteiger partial charge in [0.2, 0.25) is 5.96 Å². The van der Waals surface area contributed by atoms with Gasteiger partial charge in [0.25, 0.3) is 0 Å². The summed E-state index contributed by atoms with van der Waals surface area (Å²) < 4.78 is 19.0. The number of anilines is 1. The average molecular weight is 420 g/mol. The van der Waals surface area contributed by atoms with Gasteiger partial charge in [-0.15, -0.1) is 0 Å². The summed E-state index contributed by atoms with van der Waals surface area (Å²) in [6, 6.07) is 5.21. The SMILES string of the molecule is CCN1CCCC1CNC/N=C(\N=C(/N)N1CCCC1)Nc1ccc(OC)c(F)c1. The molecule has 30 heavy (non-hydrogen) atoms. The van der Waals surface area contributed by atoms with Crippen molar-refractivity contribution in [2.45, 2.75) is 38.6 Å². The number of guanidine groups is 2. The highest BCUT2D eigenvalue weighted by Crippen LogP contribution is 2.21. The molecular weight excluding hydrogens is 385 g/mol. The number of likely N-dealkylation sites (N-methyl/N-ethyl adjacent to an activating group) is 1. The quantitative estimate of drug-likeness (QED) is 0.356. The van der Waals surface area contributed by atoms with Gasteiger partial charge < -0.3 is 20.7 Å². The third kappa shape index (κ3) is 6.06. The highest BCUT2D eigenvalue weighted by Gasteiger charge is 2.22. The molecule has 1 atom stereocenters. The van der Waals surface area contributed by atoms with E-state index in [4.69, 9.17) is 10.5 Å². The van der Waals surface area contributed by atoms with E-state index in [1.165, 1.54) is 32.6 Å². The number of nitrogens with two attached hydrogens (primary N) is 1. The highest BCUT2D eigenvalue weighted by molar-refractivity contribution is 6.01. The maximum absolute atomic E-state index is 14.1. The molecule has 2 heterocycles. The summed E-state index contributed by atoms with van der Waals surface area (Å²) in [5, 5.41) is 6.48. The molecule has 0 radical (unpaired) electrons. The lowest BCUT2D eigenvalue weighted by Gasteiger charge is -2.22. The molecule has 2 aliphatic rings. The van der Waals surface area contributed by atoms with Crippen LogP contribution in [0.4, 0.5) is 10.1 Å². The van der Waals surface area contributed by atoms with E-state index in [1.807, 2.05) is 4.90 Å². The van der Waals surface area contributed by atoms with Crippen LogP contribution in [-0.2, 0) is 0 Å². The fourth-order valence-electron chi connectivity index (χ4n) is 4.01. The topological polar surface area (TPSA) is 90.5 Å². The summed E-state index contributed by atoms with van der Waals surface area (Å²) in [7, 11) is 1.44. The normalized spacial score (nSPS) is 20.8. The van der Waals surface area contributed by atoms with Crippen molar-refractivity contribution >= 4 is 17.6 Å². The number of hydrogen-bond acceptors (Lipinski definition) is 4. The van der Waals surface area contributed by atoms with Crippen LogP contribution in [-0.4, -0.2) is 74.3 Å². The van der Waals surface area contributed by atoms with Crippen LogP contribution in [0.1, 0.15) is 32.6 Å². The van der Waals surface area contributed by atoms with Gasteiger partial charge in [-0.2, -0.15) is 4.99 Å². The van der Waals surface area contributed by atoms with Crippen molar-refractivity contribution in [1.29, 1.82) is 0 Å². The number of benzene rings is 1. The number of nitrogens with zero attached hydrogens (tertiary/aromatic N) is 4. The van der Waals surface area contributed by atoms with E-state index in [0.717, 1.165) is 39.0 Å². The van der Waals surface area contributed by atoms with Gasteiger partial charge in [0.15, 0.2) is 17.5 Å². The molecule has 3 rings (SSSR count). The third-order valence-corrected chi connectivity index (χ3v) is 5.68. The summed E-state index contributed by atoms with van der Waals surface area (Å²) in [5.74, 6) is 0.533. The molecule has 8 nitrogen and oxygen atoms in total. The molecule has 2 fully saturated rings. The predicted octanol–water partition coefficient (Wildman–Crippen LogP) is 2.04. The molecule has 0 aromatic heterocycles. The van der Waals surface area contributed by atoms with E-state index in [9.17, 15) is 4.39 Å². The molecule has 4 N–H and O–H groups in total. The smallest absolute Gasteiger partial charge is 0.227 e. The van der Waals surface area contributed by atoms with E-state index in [0.29, 0.717) is 30.3 Å². The molecular formula is C21H34FN7O. The number of ether oxygens (including phenoxy) is 1. The monoisotopic (exact) mass is 419 g/mol. The summed E-state index contributed by atoms with van der Waals surface area (Å²) in [6.45, 7) is 7.51. The number of methoxy groups -OCH3 is 1. The largest absolute Gasteiger partial charge is 0.494 e. The van der Waals surface area contributed by atoms with Crippen LogP contribution in [0.5, 0.6) is 5.75 Å². The third-order valence-electron chi connectivity index (χ3n) is 5.68. The number of hydrogen-bond donors (Lipinski definition) is 3. The van der Waals surface area contributed by atoms with Gasteiger partial charge in [0, 0.05) is 37.4 Å². The zero-order valence-electron chi connectivity index (χ0n) is 18.0. The molecule has 9 heteroatoms. The average Bonchev–Trinajstić information content (AvgIpc) is 3.43. The Kier molecular flexibility index (Phi) is 8.27. The fraction of sp³-hybridized carbons (Fsp3) is 0.619. The van der Waals surface area contributed by atoms with Crippen molar-refractivity contribution in [2.24, 2.45) is 15.7 Å². The Bertz CT molecular complexity index is 749. The van der Waals surface area contributed by atoms with Crippen LogP contribution in [0.2, 0.25) is 0 Å². The highest BCUT2D eigenvalue weighted by atomic mass is 19.1. The van der Waals surface area contributed by atoms with E-state index in [1.54, 1.807) is 12.1 Å². The lowest BCUT2D eigenvalue weighted by Crippen LogP contribution is -2.38. The van der Waals surface area contributed by atoms with Crippen LogP contribution >= 0.6 is 0 Å². The Morgan fingerprint density at radius 3 is 2.77 bits per heavy atom. The number of nitrogens with one attached hydrogen (secondary N) is 2. The molecule has 1 aromatic rings. The van der Waals surface area contributed by atoms with Crippen LogP contribution in [0.25, 0.3) is 0 Å². The lowest BCUT2D eigenvalue weighted by atomic mass is 10.2. The summed E-state index contributed by atoms with van der Waals surface area (Å²) >= 11 is 0. The molecule has 166 valence electrons. The van der Waals surface area contributed by atoms with Crippen molar-refractivity contribution in [2.75, 3.05) is 51.8 Å². The van der Waals surface area contributed by atoms with Crippen molar-refractivity contribution < 1.29 is 9.13 Å². The Hall–Kier alpha value is -2.39. The standard InChI is InChI=1S/C21H34FN7O/c1-3-28-12-6-7-17(28)14-24-15-25-21(27-20(23)29-10-4-5-11-29)26-16-8-9-19(30-2)18(22)13-16/h8-9,13,17,24H,3-7,10-12,14-15H2,1-2H3,(H3,23,25,26,27). The minimum absolute atomic E-state index is 0.192. The van der Waals surface area contributed by atoms with Gasteiger partial charge in [-0.3, -0.25) is 10.2 Å². The molecule has 0 amide bonds. The van der Waals surface area contributed by atoms with Gasteiger partial charge in [0.05, 0.1) is 13.8 Å². The molecule has 0 bridgehead atoms. The van der Waals surface area contributed by atoms with Gasteiger partial charge in [0.1, 0.15) is 0 Å². The number of likely N-dealkylation sites (tertiary alicyclic amines) is 2. The second-order valence-electron chi connectivity index (χ2n) is 7.66. The second-order valence-corrected chi connectivity index (χ2v) is 7.66. The van der Waals surface area contributed by atoms with Crippen molar-refractivity contribution in [1.82, 2.24) is 15.1 Å². The summed E-state index contributed by atoms with van der Waals surface area (Å²) in [4.78, 5) is 13.5. The van der Waals surface area contributed by atoms with Crippen molar-refractivity contribution in [3.05, 3.63) is 24.0 Å². The Morgan fingerprint density at radius 1 is 1.27 bits per heavy atom. The van der Waals surface area contributed by atoms with E-state index in [2.05, 4.69) is 32.4 Å². The van der Waals surface area contributed by atoms with Crippen LogP contribution in [0, 0.1) is 5.82 Å². The van der Waals surface area contributed by atoms with E-state index in [-0.39, 0.29) is 5.75 Å². The van der Waals surface area contributed by atoms with Crippen molar-refractivity contribution in [3.63, 3.8) is 0 Å². The van der Waals surface area contributed by atoms with Crippen LogP contribution < -0.4 is 21.1 Å². The van der Waals surface area contributed by atoms with Gasteiger partial charge in [-0.05, 0) is 50.9 Å². The molecule has 1 aromatic carbocycles. The Labute approximate surface area is 178 Å². The fourth-order valence-corrected chi connectivity index (χ4v) is 4.01. The second kappa shape index (κ2) is 11.1. The van der Waals surface area contributed by atoms with Gasteiger partial charge in [-0.25, -0.2) is 9.38 Å².